The number of nitro benzene ring substituents is 1. The van der Waals surface area contributed by atoms with Gasteiger partial charge in [0.05, 0.1) is 4.92 Å². The lowest BCUT2D eigenvalue weighted by molar-refractivity contribution is -0.383. The van der Waals surface area contributed by atoms with Crippen LogP contribution in [0.15, 0.2) is 24.3 Å². The Kier molecular flexibility index (Phi) is 2.43. The molecule has 0 saturated heterocycles. The molecule has 2 aromatic rings. The third-order valence-electron chi connectivity index (χ3n) is 2.20. The van der Waals surface area contributed by atoms with E-state index in [0.29, 0.717) is 0 Å². The number of halogens is 1. The molecular formula is C10H5FN2O4. The SMILES string of the molecule is O=C(O)c1ccc2c(F)ccc([N+](=O)[O-])c2n1. The fourth-order valence-corrected chi connectivity index (χ4v) is 1.43. The number of hydrogen-bond donors (Lipinski definition) is 1. The van der Waals surface area contributed by atoms with E-state index in [0.717, 1.165) is 24.3 Å². The van der Waals surface area contributed by atoms with E-state index >= 15 is 0 Å². The number of non-ortho nitro benzene ring substituents is 1. The number of pyridine rings is 1. The van der Waals surface area contributed by atoms with Crippen LogP contribution in [0.25, 0.3) is 10.9 Å². The summed E-state index contributed by atoms with van der Waals surface area (Å²) in [5, 5.41) is 19.3. The van der Waals surface area contributed by atoms with Crippen LogP contribution in [0.4, 0.5) is 10.1 Å². The quantitative estimate of drug-likeness (QED) is 0.635. The molecule has 17 heavy (non-hydrogen) atoms. The van der Waals surface area contributed by atoms with Crippen LogP contribution in [-0.4, -0.2) is 21.0 Å². The molecule has 0 amide bonds. The van der Waals surface area contributed by atoms with Crippen molar-refractivity contribution < 1.29 is 19.2 Å². The van der Waals surface area contributed by atoms with Gasteiger partial charge in [-0.1, -0.05) is 0 Å². The van der Waals surface area contributed by atoms with E-state index in [1.807, 2.05) is 0 Å². The number of hydrogen-bond acceptors (Lipinski definition) is 4. The highest BCUT2D eigenvalue weighted by Gasteiger charge is 2.17. The fraction of sp³-hybridized carbons (Fsp3) is 0. The lowest BCUT2D eigenvalue weighted by atomic mass is 10.1. The standard InChI is InChI=1S/C10H5FN2O4/c11-6-2-4-8(13(16)17)9-5(6)1-3-7(12-9)10(14)15/h1-4H,(H,14,15). The normalized spacial score (nSPS) is 10.4. The molecule has 7 heteroatoms. The predicted octanol–water partition coefficient (Wildman–Crippen LogP) is 1.98. The molecule has 0 fully saturated rings. The van der Waals surface area contributed by atoms with E-state index in [4.69, 9.17) is 5.11 Å². The molecule has 0 bridgehead atoms. The Morgan fingerprint density at radius 1 is 1.35 bits per heavy atom. The second-order valence-electron chi connectivity index (χ2n) is 3.22. The van der Waals surface area contributed by atoms with Crippen LogP contribution in [0.5, 0.6) is 0 Å². The Labute approximate surface area is 93.5 Å². The molecule has 0 aliphatic heterocycles. The summed E-state index contributed by atoms with van der Waals surface area (Å²) in [4.78, 5) is 24.2. The second kappa shape index (κ2) is 3.78. The van der Waals surface area contributed by atoms with Crippen molar-refractivity contribution in [2.45, 2.75) is 0 Å². The Morgan fingerprint density at radius 2 is 2.06 bits per heavy atom. The predicted molar refractivity (Wildman–Crippen MR) is 55.3 cm³/mol. The summed E-state index contributed by atoms with van der Waals surface area (Å²) >= 11 is 0. The Hall–Kier alpha value is -2.57. The number of fused-ring (bicyclic) bond motifs is 1. The summed E-state index contributed by atoms with van der Waals surface area (Å²) in [6.07, 6.45) is 0. The van der Waals surface area contributed by atoms with E-state index in [2.05, 4.69) is 4.98 Å². The average Bonchev–Trinajstić information content (AvgIpc) is 2.28. The van der Waals surface area contributed by atoms with Crippen LogP contribution < -0.4 is 0 Å². The van der Waals surface area contributed by atoms with Gasteiger partial charge in [0, 0.05) is 11.5 Å². The molecule has 0 aliphatic carbocycles. The lowest BCUT2D eigenvalue weighted by Crippen LogP contribution is -2.02. The molecule has 2 rings (SSSR count). The topological polar surface area (TPSA) is 93.3 Å². The van der Waals surface area contributed by atoms with Crippen LogP contribution in [0.3, 0.4) is 0 Å². The van der Waals surface area contributed by atoms with Crippen molar-refractivity contribution in [1.82, 2.24) is 4.98 Å². The van der Waals surface area contributed by atoms with Gasteiger partial charge in [-0.05, 0) is 18.2 Å². The van der Waals surface area contributed by atoms with Gasteiger partial charge in [0.25, 0.3) is 5.69 Å². The molecule has 1 aromatic carbocycles. The third kappa shape index (κ3) is 1.78. The van der Waals surface area contributed by atoms with Crippen molar-refractivity contribution in [1.29, 1.82) is 0 Å². The Bertz CT molecular complexity index is 641. The summed E-state index contributed by atoms with van der Waals surface area (Å²) in [5.41, 5.74) is -1.06. The average molecular weight is 236 g/mol. The van der Waals surface area contributed by atoms with Gasteiger partial charge in [-0.25, -0.2) is 14.2 Å². The minimum Gasteiger partial charge on any atom is -0.477 e. The fourth-order valence-electron chi connectivity index (χ4n) is 1.43. The molecule has 86 valence electrons. The second-order valence-corrected chi connectivity index (χ2v) is 3.22. The molecule has 1 aromatic heterocycles. The monoisotopic (exact) mass is 236 g/mol. The molecule has 0 unspecified atom stereocenters. The number of carboxylic acid groups (broad SMARTS) is 1. The largest absolute Gasteiger partial charge is 0.477 e. The summed E-state index contributed by atoms with van der Waals surface area (Å²) in [7, 11) is 0. The van der Waals surface area contributed by atoms with Crippen molar-refractivity contribution in [3.63, 3.8) is 0 Å². The van der Waals surface area contributed by atoms with Crippen molar-refractivity contribution in [3.05, 3.63) is 45.9 Å². The highest BCUT2D eigenvalue weighted by atomic mass is 19.1. The Morgan fingerprint density at radius 3 is 2.65 bits per heavy atom. The van der Waals surface area contributed by atoms with E-state index in [1.165, 1.54) is 0 Å². The molecule has 0 aliphatic rings. The molecule has 0 atom stereocenters. The van der Waals surface area contributed by atoms with Crippen LogP contribution >= 0.6 is 0 Å². The zero-order valence-electron chi connectivity index (χ0n) is 8.25. The van der Waals surface area contributed by atoms with Crippen molar-refractivity contribution in [3.8, 4) is 0 Å². The van der Waals surface area contributed by atoms with E-state index in [1.54, 1.807) is 0 Å². The zero-order chi connectivity index (χ0) is 12.6. The first kappa shape index (κ1) is 10.9. The zero-order valence-corrected chi connectivity index (χ0v) is 8.25. The van der Waals surface area contributed by atoms with E-state index in [9.17, 15) is 19.3 Å². The van der Waals surface area contributed by atoms with Gasteiger partial charge in [-0.3, -0.25) is 10.1 Å². The highest BCUT2D eigenvalue weighted by molar-refractivity contribution is 5.93. The first-order valence-electron chi connectivity index (χ1n) is 4.47. The number of aromatic carboxylic acids is 1. The van der Waals surface area contributed by atoms with Crippen LogP contribution in [0.1, 0.15) is 10.5 Å². The number of nitro groups is 1. The molecule has 0 radical (unpaired) electrons. The van der Waals surface area contributed by atoms with Gasteiger partial charge >= 0.3 is 5.97 Å². The summed E-state index contributed by atoms with van der Waals surface area (Å²) < 4.78 is 13.4. The lowest BCUT2D eigenvalue weighted by Gasteiger charge is -2.01. The van der Waals surface area contributed by atoms with Crippen molar-refractivity contribution in [2.75, 3.05) is 0 Å². The number of rotatable bonds is 2. The van der Waals surface area contributed by atoms with Gasteiger partial charge in [-0.2, -0.15) is 0 Å². The number of benzene rings is 1. The minimum atomic E-state index is -1.33. The third-order valence-corrected chi connectivity index (χ3v) is 2.20. The highest BCUT2D eigenvalue weighted by Crippen LogP contribution is 2.26. The number of carbonyl (C=O) groups is 1. The number of aromatic nitrogens is 1. The van der Waals surface area contributed by atoms with Crippen LogP contribution in [0.2, 0.25) is 0 Å². The van der Waals surface area contributed by atoms with Crippen LogP contribution in [-0.2, 0) is 0 Å². The van der Waals surface area contributed by atoms with E-state index in [-0.39, 0.29) is 16.6 Å². The maximum atomic E-state index is 13.4. The van der Waals surface area contributed by atoms with Crippen molar-refractivity contribution in [2.24, 2.45) is 0 Å². The van der Waals surface area contributed by atoms with Gasteiger partial charge in [0.1, 0.15) is 11.5 Å². The van der Waals surface area contributed by atoms with Crippen molar-refractivity contribution >= 4 is 22.6 Å². The molecule has 1 N–H and O–H groups in total. The maximum Gasteiger partial charge on any atom is 0.354 e. The minimum absolute atomic E-state index is 0.0794. The molecule has 6 nitrogen and oxygen atoms in total. The number of carboxylic acids is 1. The van der Waals surface area contributed by atoms with Crippen LogP contribution in [0, 0.1) is 15.9 Å². The number of nitrogens with zero attached hydrogens (tertiary/aromatic N) is 2. The first-order chi connectivity index (χ1) is 8.00. The van der Waals surface area contributed by atoms with Gasteiger partial charge in [0.2, 0.25) is 0 Å². The smallest absolute Gasteiger partial charge is 0.354 e. The molecular weight excluding hydrogens is 231 g/mol. The first-order valence-corrected chi connectivity index (χ1v) is 4.47. The Balaban J connectivity index is 2.85. The van der Waals surface area contributed by atoms with E-state index < -0.39 is 22.4 Å². The summed E-state index contributed by atoms with van der Waals surface area (Å²) in [6, 6.07) is 4.16. The van der Waals surface area contributed by atoms with Gasteiger partial charge in [-0.15, -0.1) is 0 Å². The molecule has 0 saturated carbocycles. The maximum absolute atomic E-state index is 13.4. The summed E-state index contributed by atoms with van der Waals surface area (Å²) in [5.74, 6) is -2.01. The van der Waals surface area contributed by atoms with Gasteiger partial charge in [0.15, 0.2) is 5.52 Å². The molecule has 1 heterocycles. The summed E-state index contributed by atoms with van der Waals surface area (Å²) in [6.45, 7) is 0. The van der Waals surface area contributed by atoms with Gasteiger partial charge < -0.3 is 5.11 Å². The molecule has 0 spiro atoms.